The van der Waals surface area contributed by atoms with E-state index in [1.54, 1.807) is 10.9 Å². The molecule has 1 aromatic heterocycles. The van der Waals surface area contributed by atoms with Crippen LogP contribution >= 0.6 is 15.9 Å². The standard InChI is InChI=1S/C10H16BrN3O/c1-3-12-5-4-6-14-7-13-8(2)9(11)10(14)15/h7,12H,3-6H2,1-2H3. The van der Waals surface area contributed by atoms with Gasteiger partial charge in [-0.2, -0.15) is 0 Å². The van der Waals surface area contributed by atoms with Gasteiger partial charge in [0.15, 0.2) is 0 Å². The quantitative estimate of drug-likeness (QED) is 0.824. The Kier molecular flexibility index (Phi) is 4.98. The fourth-order valence-electron chi connectivity index (χ4n) is 1.26. The molecule has 84 valence electrons. The molecule has 0 bridgehead atoms. The number of rotatable bonds is 5. The summed E-state index contributed by atoms with van der Waals surface area (Å²) in [6, 6.07) is 0. The van der Waals surface area contributed by atoms with Crippen molar-refractivity contribution in [2.24, 2.45) is 0 Å². The second-order valence-corrected chi connectivity index (χ2v) is 4.14. The molecule has 0 aliphatic carbocycles. The summed E-state index contributed by atoms with van der Waals surface area (Å²) in [5, 5.41) is 3.22. The van der Waals surface area contributed by atoms with Gasteiger partial charge in [0.05, 0.1) is 12.0 Å². The average molecular weight is 274 g/mol. The van der Waals surface area contributed by atoms with Gasteiger partial charge in [-0.15, -0.1) is 0 Å². The van der Waals surface area contributed by atoms with Crippen molar-refractivity contribution < 1.29 is 0 Å². The molecule has 0 fully saturated rings. The summed E-state index contributed by atoms with van der Waals surface area (Å²) < 4.78 is 2.20. The predicted molar refractivity (Wildman–Crippen MR) is 64.1 cm³/mol. The zero-order chi connectivity index (χ0) is 11.3. The van der Waals surface area contributed by atoms with E-state index in [-0.39, 0.29) is 5.56 Å². The Balaban J connectivity index is 2.63. The van der Waals surface area contributed by atoms with Gasteiger partial charge >= 0.3 is 0 Å². The highest BCUT2D eigenvalue weighted by molar-refractivity contribution is 9.10. The van der Waals surface area contributed by atoms with E-state index in [1.165, 1.54) is 0 Å². The molecule has 1 aromatic rings. The molecule has 0 unspecified atom stereocenters. The van der Waals surface area contributed by atoms with Crippen molar-refractivity contribution in [1.82, 2.24) is 14.9 Å². The van der Waals surface area contributed by atoms with E-state index in [2.05, 4.69) is 33.2 Å². The number of nitrogens with one attached hydrogen (secondary N) is 1. The van der Waals surface area contributed by atoms with Crippen molar-refractivity contribution in [2.45, 2.75) is 26.8 Å². The molecule has 4 nitrogen and oxygen atoms in total. The van der Waals surface area contributed by atoms with Crippen molar-refractivity contribution in [3.8, 4) is 0 Å². The van der Waals surface area contributed by atoms with Gasteiger partial charge in [0, 0.05) is 6.54 Å². The molecule has 0 saturated carbocycles. The summed E-state index contributed by atoms with van der Waals surface area (Å²) in [7, 11) is 0. The van der Waals surface area contributed by atoms with E-state index in [9.17, 15) is 4.79 Å². The first kappa shape index (κ1) is 12.4. The number of hydrogen-bond donors (Lipinski definition) is 1. The lowest BCUT2D eigenvalue weighted by molar-refractivity contribution is 0.570. The summed E-state index contributed by atoms with van der Waals surface area (Å²) in [6.45, 7) is 6.47. The van der Waals surface area contributed by atoms with Gasteiger partial charge in [-0.3, -0.25) is 9.36 Å². The van der Waals surface area contributed by atoms with Crippen LogP contribution in [-0.2, 0) is 6.54 Å². The van der Waals surface area contributed by atoms with Gasteiger partial charge in [-0.25, -0.2) is 4.98 Å². The number of nitrogens with zero attached hydrogens (tertiary/aromatic N) is 2. The summed E-state index contributed by atoms with van der Waals surface area (Å²) in [5.74, 6) is 0. The first-order valence-corrected chi connectivity index (χ1v) is 5.88. The molecule has 1 heterocycles. The topological polar surface area (TPSA) is 46.9 Å². The molecular formula is C10H16BrN3O. The van der Waals surface area contributed by atoms with Crippen molar-refractivity contribution in [3.05, 3.63) is 26.8 Å². The molecule has 0 atom stereocenters. The Morgan fingerprint density at radius 1 is 1.60 bits per heavy atom. The molecule has 0 spiro atoms. The fraction of sp³-hybridized carbons (Fsp3) is 0.600. The Hall–Kier alpha value is -0.680. The van der Waals surface area contributed by atoms with Crippen LogP contribution in [0.4, 0.5) is 0 Å². The van der Waals surface area contributed by atoms with Crippen LogP contribution in [0.25, 0.3) is 0 Å². The monoisotopic (exact) mass is 273 g/mol. The lowest BCUT2D eigenvalue weighted by Crippen LogP contribution is -2.24. The third-order valence-electron chi connectivity index (χ3n) is 2.16. The number of aromatic nitrogens is 2. The molecule has 0 aliphatic heterocycles. The van der Waals surface area contributed by atoms with E-state index in [0.29, 0.717) is 11.0 Å². The van der Waals surface area contributed by atoms with Crippen LogP contribution in [0.1, 0.15) is 19.0 Å². The minimum Gasteiger partial charge on any atom is -0.317 e. The molecule has 0 aliphatic rings. The SMILES string of the molecule is CCNCCCn1cnc(C)c(Br)c1=O. The summed E-state index contributed by atoms with van der Waals surface area (Å²) in [6.07, 6.45) is 2.54. The Morgan fingerprint density at radius 2 is 2.33 bits per heavy atom. The molecule has 1 rings (SSSR count). The van der Waals surface area contributed by atoms with Crippen LogP contribution in [-0.4, -0.2) is 22.6 Å². The lowest BCUT2D eigenvalue weighted by atomic mass is 10.4. The highest BCUT2D eigenvalue weighted by atomic mass is 79.9. The van der Waals surface area contributed by atoms with Crippen LogP contribution in [0.3, 0.4) is 0 Å². The van der Waals surface area contributed by atoms with Crippen molar-refractivity contribution in [2.75, 3.05) is 13.1 Å². The summed E-state index contributed by atoms with van der Waals surface area (Å²) in [5.41, 5.74) is 0.738. The smallest absolute Gasteiger partial charge is 0.267 e. The van der Waals surface area contributed by atoms with Gasteiger partial charge in [0.25, 0.3) is 5.56 Å². The molecule has 0 amide bonds. The van der Waals surface area contributed by atoms with E-state index < -0.39 is 0 Å². The lowest BCUT2D eigenvalue weighted by Gasteiger charge is -2.06. The largest absolute Gasteiger partial charge is 0.317 e. The van der Waals surface area contributed by atoms with Crippen molar-refractivity contribution in [1.29, 1.82) is 0 Å². The Morgan fingerprint density at radius 3 is 3.00 bits per heavy atom. The van der Waals surface area contributed by atoms with Gasteiger partial charge < -0.3 is 5.32 Å². The fourth-order valence-corrected chi connectivity index (χ4v) is 1.59. The highest BCUT2D eigenvalue weighted by Crippen LogP contribution is 2.05. The van der Waals surface area contributed by atoms with Crippen molar-refractivity contribution >= 4 is 15.9 Å². The third kappa shape index (κ3) is 3.43. The van der Waals surface area contributed by atoms with Gasteiger partial charge in [-0.1, -0.05) is 6.92 Å². The summed E-state index contributed by atoms with van der Waals surface area (Å²) >= 11 is 3.24. The highest BCUT2D eigenvalue weighted by Gasteiger charge is 2.04. The van der Waals surface area contributed by atoms with Crippen LogP contribution < -0.4 is 10.9 Å². The predicted octanol–water partition coefficient (Wildman–Crippen LogP) is 1.31. The summed E-state index contributed by atoms with van der Waals surface area (Å²) in [4.78, 5) is 15.8. The maximum atomic E-state index is 11.7. The molecule has 0 saturated heterocycles. The van der Waals surface area contributed by atoms with E-state index in [4.69, 9.17) is 0 Å². The molecule has 5 heteroatoms. The first-order chi connectivity index (χ1) is 7.16. The minimum absolute atomic E-state index is 0.000927. The minimum atomic E-state index is -0.000927. The van der Waals surface area contributed by atoms with Gasteiger partial charge in [-0.05, 0) is 42.4 Å². The van der Waals surface area contributed by atoms with Crippen LogP contribution in [0, 0.1) is 6.92 Å². The zero-order valence-corrected chi connectivity index (χ0v) is 10.7. The van der Waals surface area contributed by atoms with Crippen molar-refractivity contribution in [3.63, 3.8) is 0 Å². The number of hydrogen-bond acceptors (Lipinski definition) is 3. The second-order valence-electron chi connectivity index (χ2n) is 3.35. The van der Waals surface area contributed by atoms with Gasteiger partial charge in [0.1, 0.15) is 4.47 Å². The van der Waals surface area contributed by atoms with Crippen LogP contribution in [0.5, 0.6) is 0 Å². The zero-order valence-electron chi connectivity index (χ0n) is 9.09. The second kappa shape index (κ2) is 6.02. The molecule has 1 N–H and O–H groups in total. The number of aryl methyl sites for hydroxylation is 2. The molecule has 15 heavy (non-hydrogen) atoms. The van der Waals surface area contributed by atoms with Gasteiger partial charge in [0.2, 0.25) is 0 Å². The normalized spacial score (nSPS) is 10.6. The van der Waals surface area contributed by atoms with E-state index >= 15 is 0 Å². The maximum Gasteiger partial charge on any atom is 0.267 e. The Bertz CT molecular complexity index is 375. The molecule has 0 aromatic carbocycles. The molecule has 0 radical (unpaired) electrons. The Labute approximate surface area is 97.8 Å². The average Bonchev–Trinajstić information content (AvgIpc) is 2.24. The maximum absolute atomic E-state index is 11.7. The van der Waals surface area contributed by atoms with E-state index in [1.807, 2.05) is 6.92 Å². The first-order valence-electron chi connectivity index (χ1n) is 5.09. The molecular weight excluding hydrogens is 258 g/mol. The third-order valence-corrected chi connectivity index (χ3v) is 3.07. The van der Waals surface area contributed by atoms with E-state index in [0.717, 1.165) is 25.2 Å². The van der Waals surface area contributed by atoms with Crippen LogP contribution in [0.2, 0.25) is 0 Å². The number of halogens is 1. The van der Waals surface area contributed by atoms with Crippen LogP contribution in [0.15, 0.2) is 15.6 Å².